The number of nitrogens with zero attached hydrogens (tertiary/aromatic N) is 2. The van der Waals surface area contributed by atoms with E-state index < -0.39 is 5.60 Å². The number of thiophene rings is 1. The summed E-state index contributed by atoms with van der Waals surface area (Å²) in [5.74, 6) is 0.954. The zero-order valence-electron chi connectivity index (χ0n) is 11.5. The molecule has 2 rings (SSSR count). The first-order valence-electron chi connectivity index (χ1n) is 6.41. The molecule has 6 heteroatoms. The summed E-state index contributed by atoms with van der Waals surface area (Å²) in [4.78, 5) is 10.5. The Morgan fingerprint density at radius 1 is 1.47 bits per heavy atom. The quantitative estimate of drug-likeness (QED) is 0.784. The molecule has 5 nitrogen and oxygen atoms in total. The van der Waals surface area contributed by atoms with Crippen LogP contribution in [0.4, 0.5) is 11.8 Å². The van der Waals surface area contributed by atoms with Crippen molar-refractivity contribution in [1.82, 2.24) is 9.97 Å². The maximum Gasteiger partial charge on any atom is 0.223 e. The van der Waals surface area contributed by atoms with Gasteiger partial charge in [-0.05, 0) is 26.3 Å². The van der Waals surface area contributed by atoms with Crippen LogP contribution in [0.2, 0.25) is 0 Å². The molecule has 4 N–H and O–H groups in total. The van der Waals surface area contributed by atoms with Crippen LogP contribution in [0.15, 0.2) is 6.07 Å². The standard InChI is InChI=1S/C13H20N4OS/c1-4-5-13(3,18)7-15-10-9-6-8(2)19-11(9)17-12(14)16-10/h6,18H,4-5,7H2,1-3H3,(H3,14,15,16,17). The van der Waals surface area contributed by atoms with Crippen molar-refractivity contribution in [2.45, 2.75) is 39.2 Å². The fourth-order valence-corrected chi connectivity index (χ4v) is 2.98. The van der Waals surface area contributed by atoms with Crippen molar-refractivity contribution in [3.05, 3.63) is 10.9 Å². The molecule has 1 unspecified atom stereocenters. The normalized spacial score (nSPS) is 14.5. The minimum absolute atomic E-state index is 0.256. The number of nitrogen functional groups attached to an aromatic ring is 1. The number of nitrogens with one attached hydrogen (secondary N) is 1. The minimum Gasteiger partial charge on any atom is -0.388 e. The Hall–Kier alpha value is -1.40. The van der Waals surface area contributed by atoms with E-state index in [1.807, 2.05) is 19.9 Å². The first-order chi connectivity index (χ1) is 8.91. The van der Waals surface area contributed by atoms with E-state index in [0.717, 1.165) is 23.1 Å². The van der Waals surface area contributed by atoms with E-state index in [9.17, 15) is 5.11 Å². The van der Waals surface area contributed by atoms with Gasteiger partial charge < -0.3 is 16.2 Å². The number of aliphatic hydroxyl groups is 1. The molecule has 0 aliphatic rings. The van der Waals surface area contributed by atoms with Gasteiger partial charge in [0, 0.05) is 11.4 Å². The van der Waals surface area contributed by atoms with Crippen molar-refractivity contribution in [2.24, 2.45) is 0 Å². The molecule has 2 aromatic rings. The Balaban J connectivity index is 2.25. The highest BCUT2D eigenvalue weighted by molar-refractivity contribution is 7.18. The highest BCUT2D eigenvalue weighted by Gasteiger charge is 2.20. The lowest BCUT2D eigenvalue weighted by Crippen LogP contribution is -2.33. The maximum atomic E-state index is 10.2. The summed E-state index contributed by atoms with van der Waals surface area (Å²) < 4.78 is 0. The predicted molar refractivity (Wildman–Crippen MR) is 80.6 cm³/mol. The molecule has 0 spiro atoms. The van der Waals surface area contributed by atoms with E-state index in [1.165, 1.54) is 4.88 Å². The Morgan fingerprint density at radius 3 is 2.89 bits per heavy atom. The number of rotatable bonds is 5. The topological polar surface area (TPSA) is 84.1 Å². The van der Waals surface area contributed by atoms with E-state index in [4.69, 9.17) is 5.73 Å². The number of hydrogen-bond acceptors (Lipinski definition) is 6. The molecule has 0 aliphatic carbocycles. The van der Waals surface area contributed by atoms with E-state index in [1.54, 1.807) is 11.3 Å². The molecular formula is C13H20N4OS. The molecule has 1 atom stereocenters. The van der Waals surface area contributed by atoms with Crippen LogP contribution in [0.25, 0.3) is 10.2 Å². The molecule has 2 aromatic heterocycles. The van der Waals surface area contributed by atoms with Gasteiger partial charge in [0.1, 0.15) is 10.6 Å². The van der Waals surface area contributed by atoms with Gasteiger partial charge in [0.15, 0.2) is 0 Å². The second-order valence-electron chi connectivity index (χ2n) is 5.11. The van der Waals surface area contributed by atoms with Crippen LogP contribution in [0.3, 0.4) is 0 Å². The van der Waals surface area contributed by atoms with Crippen LogP contribution in [0, 0.1) is 6.92 Å². The van der Waals surface area contributed by atoms with E-state index in [-0.39, 0.29) is 5.95 Å². The lowest BCUT2D eigenvalue weighted by Gasteiger charge is -2.23. The Bertz CT molecular complexity index is 579. The molecule has 2 heterocycles. The minimum atomic E-state index is -0.744. The van der Waals surface area contributed by atoms with Crippen LogP contribution in [0.1, 0.15) is 31.6 Å². The first kappa shape index (κ1) is 14.0. The molecule has 0 amide bonds. The fraction of sp³-hybridized carbons (Fsp3) is 0.538. The summed E-state index contributed by atoms with van der Waals surface area (Å²) in [6.07, 6.45) is 1.68. The molecule has 0 aromatic carbocycles. The number of nitrogens with two attached hydrogens (primary N) is 1. The first-order valence-corrected chi connectivity index (χ1v) is 7.23. The molecular weight excluding hydrogens is 260 g/mol. The van der Waals surface area contributed by atoms with Crippen LogP contribution in [-0.4, -0.2) is 27.2 Å². The number of anilines is 2. The average Bonchev–Trinajstić information content (AvgIpc) is 2.66. The molecule has 19 heavy (non-hydrogen) atoms. The maximum absolute atomic E-state index is 10.2. The van der Waals surface area contributed by atoms with Gasteiger partial charge >= 0.3 is 0 Å². The number of hydrogen-bond donors (Lipinski definition) is 3. The predicted octanol–water partition coefficient (Wildman–Crippen LogP) is 2.54. The molecule has 0 aliphatic heterocycles. The second-order valence-corrected chi connectivity index (χ2v) is 6.34. The monoisotopic (exact) mass is 280 g/mol. The Morgan fingerprint density at radius 2 is 2.21 bits per heavy atom. The summed E-state index contributed by atoms with van der Waals surface area (Å²) in [5.41, 5.74) is 4.97. The summed E-state index contributed by atoms with van der Waals surface area (Å²) in [6, 6.07) is 2.04. The lowest BCUT2D eigenvalue weighted by molar-refractivity contribution is 0.0636. The number of aromatic nitrogens is 2. The van der Waals surface area contributed by atoms with Crippen molar-refractivity contribution < 1.29 is 5.11 Å². The van der Waals surface area contributed by atoms with Gasteiger partial charge in [-0.15, -0.1) is 11.3 Å². The lowest BCUT2D eigenvalue weighted by atomic mass is 10.0. The van der Waals surface area contributed by atoms with Crippen molar-refractivity contribution in [3.8, 4) is 0 Å². The Labute approximate surface area is 116 Å². The van der Waals surface area contributed by atoms with Crippen LogP contribution >= 0.6 is 11.3 Å². The summed E-state index contributed by atoms with van der Waals surface area (Å²) >= 11 is 1.59. The third kappa shape index (κ3) is 3.33. The van der Waals surface area contributed by atoms with E-state index >= 15 is 0 Å². The molecule has 0 bridgehead atoms. The van der Waals surface area contributed by atoms with Gasteiger partial charge in [-0.3, -0.25) is 0 Å². The molecule has 0 saturated heterocycles. The third-order valence-corrected chi connectivity index (χ3v) is 3.90. The largest absolute Gasteiger partial charge is 0.388 e. The Kier molecular flexibility index (Phi) is 3.91. The third-order valence-electron chi connectivity index (χ3n) is 2.96. The highest BCUT2D eigenvalue weighted by Crippen LogP contribution is 2.29. The van der Waals surface area contributed by atoms with Gasteiger partial charge in [0.05, 0.1) is 11.0 Å². The smallest absolute Gasteiger partial charge is 0.223 e. The molecule has 0 saturated carbocycles. The molecule has 0 radical (unpaired) electrons. The number of aryl methyl sites for hydroxylation is 1. The second kappa shape index (κ2) is 5.30. The summed E-state index contributed by atoms with van der Waals surface area (Å²) in [5, 5.41) is 14.3. The van der Waals surface area contributed by atoms with Crippen molar-refractivity contribution in [2.75, 3.05) is 17.6 Å². The van der Waals surface area contributed by atoms with Gasteiger partial charge in [-0.2, -0.15) is 4.98 Å². The van der Waals surface area contributed by atoms with Crippen molar-refractivity contribution in [1.29, 1.82) is 0 Å². The summed E-state index contributed by atoms with van der Waals surface area (Å²) in [6.45, 7) is 6.35. The van der Waals surface area contributed by atoms with Gasteiger partial charge in [0.2, 0.25) is 5.95 Å². The van der Waals surface area contributed by atoms with Crippen molar-refractivity contribution in [3.63, 3.8) is 0 Å². The SMILES string of the molecule is CCCC(C)(O)CNc1nc(N)nc2sc(C)cc12. The molecule has 104 valence electrons. The van der Waals surface area contributed by atoms with Gasteiger partial charge in [-0.25, -0.2) is 4.98 Å². The van der Waals surface area contributed by atoms with Crippen molar-refractivity contribution >= 4 is 33.3 Å². The number of fused-ring (bicyclic) bond motifs is 1. The van der Waals surface area contributed by atoms with Gasteiger partial charge in [0.25, 0.3) is 0 Å². The molecule has 0 fully saturated rings. The van der Waals surface area contributed by atoms with Gasteiger partial charge in [-0.1, -0.05) is 13.3 Å². The van der Waals surface area contributed by atoms with Crippen LogP contribution in [-0.2, 0) is 0 Å². The fourth-order valence-electron chi connectivity index (χ4n) is 2.09. The summed E-state index contributed by atoms with van der Waals surface area (Å²) in [7, 11) is 0. The van der Waals surface area contributed by atoms with Crippen LogP contribution in [0.5, 0.6) is 0 Å². The zero-order chi connectivity index (χ0) is 14.0. The van der Waals surface area contributed by atoms with E-state index in [0.29, 0.717) is 12.4 Å². The zero-order valence-corrected chi connectivity index (χ0v) is 12.3. The highest BCUT2D eigenvalue weighted by atomic mass is 32.1. The van der Waals surface area contributed by atoms with Crippen LogP contribution < -0.4 is 11.1 Å². The van der Waals surface area contributed by atoms with E-state index in [2.05, 4.69) is 22.2 Å². The average molecular weight is 280 g/mol.